The van der Waals surface area contributed by atoms with E-state index in [2.05, 4.69) is 13.8 Å². The summed E-state index contributed by atoms with van der Waals surface area (Å²) in [5.74, 6) is 0.604. The van der Waals surface area contributed by atoms with Crippen molar-refractivity contribution in [2.45, 2.75) is 52.1 Å². The third-order valence-electron chi connectivity index (χ3n) is 2.30. The number of hydrogen-bond donors (Lipinski definition) is 2. The number of hydrogen-bond acceptors (Lipinski definition) is 2. The van der Waals surface area contributed by atoms with E-state index in [1.54, 1.807) is 0 Å². The first kappa shape index (κ1) is 10.9. The van der Waals surface area contributed by atoms with Crippen LogP contribution in [-0.4, -0.2) is 11.1 Å². The molecule has 11 heavy (non-hydrogen) atoms. The zero-order chi connectivity index (χ0) is 9.28. The summed E-state index contributed by atoms with van der Waals surface area (Å²) in [6, 6.07) is 0. The topological polar surface area (TPSA) is 52.0 Å². The summed E-state index contributed by atoms with van der Waals surface area (Å²) in [5.41, 5.74) is 11.4. The van der Waals surface area contributed by atoms with Crippen LogP contribution in [0.5, 0.6) is 0 Å². The van der Waals surface area contributed by atoms with Crippen molar-refractivity contribution in [3.63, 3.8) is 0 Å². The lowest BCUT2D eigenvalue weighted by molar-refractivity contribution is 0.238. The standard InChI is InChI=1S/C9H22N2/c1-7(2)6-9(5,11)8(3,4)10/h7H,6,10-11H2,1-5H3. The summed E-state index contributed by atoms with van der Waals surface area (Å²) in [5, 5.41) is 0. The van der Waals surface area contributed by atoms with Gasteiger partial charge in [0.2, 0.25) is 0 Å². The highest BCUT2D eigenvalue weighted by molar-refractivity contribution is 4.98. The second kappa shape index (κ2) is 3.11. The molecule has 0 fully saturated rings. The molecule has 0 amide bonds. The van der Waals surface area contributed by atoms with E-state index in [4.69, 9.17) is 11.5 Å². The van der Waals surface area contributed by atoms with Gasteiger partial charge in [0.1, 0.15) is 0 Å². The van der Waals surface area contributed by atoms with Crippen LogP contribution in [0, 0.1) is 5.92 Å². The minimum Gasteiger partial charge on any atom is -0.324 e. The lowest BCUT2D eigenvalue weighted by Crippen LogP contribution is -2.61. The highest BCUT2D eigenvalue weighted by Gasteiger charge is 2.34. The molecule has 0 bridgehead atoms. The van der Waals surface area contributed by atoms with Gasteiger partial charge in [-0.2, -0.15) is 0 Å². The van der Waals surface area contributed by atoms with Crippen molar-refractivity contribution in [2.75, 3.05) is 0 Å². The van der Waals surface area contributed by atoms with Crippen molar-refractivity contribution in [3.05, 3.63) is 0 Å². The maximum atomic E-state index is 6.07. The van der Waals surface area contributed by atoms with E-state index in [1.165, 1.54) is 0 Å². The van der Waals surface area contributed by atoms with E-state index in [9.17, 15) is 0 Å². The minimum absolute atomic E-state index is 0.263. The molecule has 0 radical (unpaired) electrons. The predicted molar refractivity (Wildman–Crippen MR) is 50.3 cm³/mol. The van der Waals surface area contributed by atoms with Crippen molar-refractivity contribution in [1.29, 1.82) is 0 Å². The van der Waals surface area contributed by atoms with Crippen molar-refractivity contribution >= 4 is 0 Å². The molecule has 0 heterocycles. The Hall–Kier alpha value is -0.0800. The molecule has 0 aliphatic heterocycles. The number of rotatable bonds is 3. The van der Waals surface area contributed by atoms with Crippen LogP contribution in [0.1, 0.15) is 41.0 Å². The minimum atomic E-state index is -0.294. The van der Waals surface area contributed by atoms with E-state index >= 15 is 0 Å². The second-order valence-corrected chi connectivity index (χ2v) is 4.74. The van der Waals surface area contributed by atoms with Crippen LogP contribution < -0.4 is 11.5 Å². The molecule has 0 aromatic carbocycles. The van der Waals surface area contributed by atoms with E-state index in [0.29, 0.717) is 5.92 Å². The lowest BCUT2D eigenvalue weighted by Gasteiger charge is -2.39. The molecule has 2 nitrogen and oxygen atoms in total. The molecule has 0 aliphatic rings. The monoisotopic (exact) mass is 158 g/mol. The Morgan fingerprint density at radius 3 is 1.55 bits per heavy atom. The van der Waals surface area contributed by atoms with Crippen LogP contribution in [0.4, 0.5) is 0 Å². The third kappa shape index (κ3) is 3.21. The molecule has 0 rings (SSSR count). The van der Waals surface area contributed by atoms with Crippen LogP contribution in [-0.2, 0) is 0 Å². The fourth-order valence-corrected chi connectivity index (χ4v) is 1.11. The molecule has 4 N–H and O–H groups in total. The van der Waals surface area contributed by atoms with E-state index < -0.39 is 0 Å². The van der Waals surface area contributed by atoms with Gasteiger partial charge in [-0.15, -0.1) is 0 Å². The molecular formula is C9H22N2. The summed E-state index contributed by atoms with van der Waals surface area (Å²) < 4.78 is 0. The lowest BCUT2D eigenvalue weighted by atomic mass is 9.77. The molecule has 0 saturated carbocycles. The van der Waals surface area contributed by atoms with Gasteiger partial charge in [0.05, 0.1) is 0 Å². The van der Waals surface area contributed by atoms with Gasteiger partial charge in [0.15, 0.2) is 0 Å². The maximum Gasteiger partial charge on any atom is 0.0305 e. The Kier molecular flexibility index (Phi) is 3.09. The fourth-order valence-electron chi connectivity index (χ4n) is 1.11. The molecule has 0 aromatic rings. The van der Waals surface area contributed by atoms with Crippen LogP contribution in [0.2, 0.25) is 0 Å². The van der Waals surface area contributed by atoms with Crippen molar-refractivity contribution in [1.82, 2.24) is 0 Å². The summed E-state index contributed by atoms with van der Waals surface area (Å²) in [7, 11) is 0. The highest BCUT2D eigenvalue weighted by Crippen LogP contribution is 2.23. The molecule has 2 heteroatoms. The van der Waals surface area contributed by atoms with Gasteiger partial charge < -0.3 is 11.5 Å². The van der Waals surface area contributed by atoms with Gasteiger partial charge in [-0.3, -0.25) is 0 Å². The molecule has 0 aromatic heterocycles. The molecular weight excluding hydrogens is 136 g/mol. The van der Waals surface area contributed by atoms with Gasteiger partial charge in [-0.05, 0) is 33.1 Å². The molecule has 0 spiro atoms. The predicted octanol–water partition coefficient (Wildman–Crippen LogP) is 1.49. The second-order valence-electron chi connectivity index (χ2n) is 4.74. The molecule has 1 unspecified atom stereocenters. The van der Waals surface area contributed by atoms with Crippen LogP contribution in [0.3, 0.4) is 0 Å². The summed E-state index contributed by atoms with van der Waals surface area (Å²) in [6.07, 6.45) is 0.969. The molecule has 68 valence electrons. The quantitative estimate of drug-likeness (QED) is 0.653. The summed E-state index contributed by atoms with van der Waals surface area (Å²) in [4.78, 5) is 0. The van der Waals surface area contributed by atoms with Crippen molar-refractivity contribution in [2.24, 2.45) is 17.4 Å². The average molecular weight is 158 g/mol. The normalized spacial score (nSPS) is 18.5. The summed E-state index contributed by atoms with van der Waals surface area (Å²) >= 11 is 0. The molecule has 0 aliphatic carbocycles. The van der Waals surface area contributed by atoms with Crippen molar-refractivity contribution in [3.8, 4) is 0 Å². The fraction of sp³-hybridized carbons (Fsp3) is 1.00. The van der Waals surface area contributed by atoms with E-state index in [1.807, 2.05) is 20.8 Å². The van der Waals surface area contributed by atoms with Gasteiger partial charge in [0.25, 0.3) is 0 Å². The van der Waals surface area contributed by atoms with Crippen LogP contribution in [0.25, 0.3) is 0 Å². The number of nitrogens with two attached hydrogens (primary N) is 2. The Bertz CT molecular complexity index is 120. The molecule has 0 saturated heterocycles. The SMILES string of the molecule is CC(C)CC(C)(N)C(C)(C)N. The first-order chi connectivity index (χ1) is 4.67. The van der Waals surface area contributed by atoms with Gasteiger partial charge >= 0.3 is 0 Å². The first-order valence-electron chi connectivity index (χ1n) is 4.24. The van der Waals surface area contributed by atoms with Crippen LogP contribution in [0.15, 0.2) is 0 Å². The van der Waals surface area contributed by atoms with E-state index in [-0.39, 0.29) is 11.1 Å². The Balaban J connectivity index is 4.22. The zero-order valence-electron chi connectivity index (χ0n) is 8.44. The zero-order valence-corrected chi connectivity index (χ0v) is 8.44. The first-order valence-corrected chi connectivity index (χ1v) is 4.24. The highest BCUT2D eigenvalue weighted by atomic mass is 14.9. The van der Waals surface area contributed by atoms with Gasteiger partial charge in [-0.25, -0.2) is 0 Å². The van der Waals surface area contributed by atoms with Crippen molar-refractivity contribution < 1.29 is 0 Å². The van der Waals surface area contributed by atoms with Crippen LogP contribution >= 0.6 is 0 Å². The summed E-state index contributed by atoms with van der Waals surface area (Å²) in [6.45, 7) is 10.3. The Morgan fingerprint density at radius 2 is 1.45 bits per heavy atom. The smallest absolute Gasteiger partial charge is 0.0305 e. The Morgan fingerprint density at radius 1 is 1.09 bits per heavy atom. The van der Waals surface area contributed by atoms with Gasteiger partial charge in [-0.1, -0.05) is 13.8 Å². The maximum absolute atomic E-state index is 6.07. The molecule has 1 atom stereocenters. The van der Waals surface area contributed by atoms with E-state index in [0.717, 1.165) is 6.42 Å². The Labute approximate surface area is 70.3 Å². The third-order valence-corrected chi connectivity index (χ3v) is 2.30. The largest absolute Gasteiger partial charge is 0.324 e. The van der Waals surface area contributed by atoms with Gasteiger partial charge in [0, 0.05) is 11.1 Å². The average Bonchev–Trinajstić information content (AvgIpc) is 1.56.